The van der Waals surface area contributed by atoms with Gasteiger partial charge in [-0.3, -0.25) is 14.5 Å². The minimum atomic E-state index is -0.343. The molecule has 6 heteroatoms. The van der Waals surface area contributed by atoms with Crippen molar-refractivity contribution in [2.75, 3.05) is 19.6 Å². The first-order valence-electron chi connectivity index (χ1n) is 10.8. The lowest BCUT2D eigenvalue weighted by Gasteiger charge is -2.30. The number of fused-ring (bicyclic) bond motifs is 1. The molecule has 1 saturated heterocycles. The van der Waals surface area contributed by atoms with Crippen LogP contribution in [0, 0.1) is 0 Å². The summed E-state index contributed by atoms with van der Waals surface area (Å²) in [6.07, 6.45) is 5.76. The van der Waals surface area contributed by atoms with E-state index in [9.17, 15) is 9.59 Å². The van der Waals surface area contributed by atoms with Gasteiger partial charge in [0.2, 0.25) is 0 Å². The number of benzene rings is 1. The largest absolute Gasteiger partial charge is 0.451 e. The van der Waals surface area contributed by atoms with Gasteiger partial charge in [0, 0.05) is 17.5 Å². The van der Waals surface area contributed by atoms with Crippen molar-refractivity contribution in [2.45, 2.75) is 45.1 Å². The molecule has 3 aromatic rings. The summed E-state index contributed by atoms with van der Waals surface area (Å²) in [5, 5.41) is 5.61. The van der Waals surface area contributed by atoms with E-state index < -0.39 is 0 Å². The Balaban J connectivity index is 1.52. The molecule has 2 aromatic heterocycles. The second-order valence-electron chi connectivity index (χ2n) is 7.85. The smallest absolute Gasteiger partial charge is 0.287 e. The summed E-state index contributed by atoms with van der Waals surface area (Å²) >= 11 is 1.72. The van der Waals surface area contributed by atoms with Crippen LogP contribution in [-0.2, 0) is 6.42 Å². The normalized spacial score (nSPS) is 16.3. The van der Waals surface area contributed by atoms with Crippen molar-refractivity contribution in [3.05, 3.63) is 68.2 Å². The number of thiophene rings is 1. The second kappa shape index (κ2) is 9.58. The predicted octanol–water partition coefficient (Wildman–Crippen LogP) is 4.76. The third-order valence-corrected chi connectivity index (χ3v) is 6.81. The Labute approximate surface area is 180 Å². The van der Waals surface area contributed by atoms with Gasteiger partial charge in [-0.2, -0.15) is 0 Å². The van der Waals surface area contributed by atoms with E-state index in [1.54, 1.807) is 17.4 Å². The zero-order chi connectivity index (χ0) is 20.9. The highest BCUT2D eigenvalue weighted by atomic mass is 32.1. The molecule has 3 heterocycles. The maximum absolute atomic E-state index is 12.8. The standard InChI is InChI=1S/C24H28N2O3S/c1-2-17-9-10-21-18(14-17)20(27)15-22(29-21)24(28)25-16-19(23-8-7-13-30-23)26-11-5-3-4-6-12-26/h7-10,13-15,19H,2-6,11-12,16H2,1H3,(H,25,28)/t19-/m1/s1. The Hall–Kier alpha value is -2.44. The van der Waals surface area contributed by atoms with Crippen LogP contribution in [0.2, 0.25) is 0 Å². The molecule has 0 spiro atoms. The average Bonchev–Trinajstić information content (AvgIpc) is 3.16. The molecular weight excluding hydrogens is 396 g/mol. The Morgan fingerprint density at radius 1 is 1.17 bits per heavy atom. The third-order valence-electron chi connectivity index (χ3n) is 5.83. The molecule has 30 heavy (non-hydrogen) atoms. The number of aryl methyl sites for hydroxylation is 1. The first-order valence-corrected chi connectivity index (χ1v) is 11.7. The maximum atomic E-state index is 12.8. The van der Waals surface area contributed by atoms with Crippen molar-refractivity contribution in [2.24, 2.45) is 0 Å². The molecule has 0 radical (unpaired) electrons. The lowest BCUT2D eigenvalue weighted by molar-refractivity contribution is 0.0907. The highest BCUT2D eigenvalue weighted by molar-refractivity contribution is 7.10. The molecule has 1 aliphatic heterocycles. The summed E-state index contributed by atoms with van der Waals surface area (Å²) in [7, 11) is 0. The molecule has 1 N–H and O–H groups in total. The van der Waals surface area contributed by atoms with Crippen molar-refractivity contribution in [1.82, 2.24) is 10.2 Å². The van der Waals surface area contributed by atoms with Gasteiger partial charge in [-0.1, -0.05) is 31.9 Å². The topological polar surface area (TPSA) is 62.6 Å². The molecular formula is C24H28N2O3S. The van der Waals surface area contributed by atoms with Gasteiger partial charge in [-0.15, -0.1) is 11.3 Å². The molecule has 0 aliphatic carbocycles. The molecule has 0 saturated carbocycles. The zero-order valence-electron chi connectivity index (χ0n) is 17.4. The van der Waals surface area contributed by atoms with Gasteiger partial charge in [-0.25, -0.2) is 0 Å². The van der Waals surface area contributed by atoms with Crippen LogP contribution < -0.4 is 10.7 Å². The Morgan fingerprint density at radius 3 is 2.67 bits per heavy atom. The first-order chi connectivity index (χ1) is 14.7. The van der Waals surface area contributed by atoms with E-state index >= 15 is 0 Å². The molecule has 1 aromatic carbocycles. The van der Waals surface area contributed by atoms with E-state index in [1.165, 1.54) is 36.6 Å². The Bertz CT molecular complexity index is 1050. The monoisotopic (exact) mass is 424 g/mol. The molecule has 1 atom stereocenters. The van der Waals surface area contributed by atoms with Gasteiger partial charge in [0.15, 0.2) is 11.2 Å². The van der Waals surface area contributed by atoms with Crippen LogP contribution in [0.3, 0.4) is 0 Å². The van der Waals surface area contributed by atoms with E-state index in [0.717, 1.165) is 25.1 Å². The predicted molar refractivity (Wildman–Crippen MR) is 121 cm³/mol. The summed E-state index contributed by atoms with van der Waals surface area (Å²) in [4.78, 5) is 29.1. The SMILES string of the molecule is CCc1ccc2oc(C(=O)NC[C@H](c3cccs3)N3CCCCCC3)cc(=O)c2c1. The number of carbonyl (C=O) groups excluding carboxylic acids is 1. The van der Waals surface area contributed by atoms with Gasteiger partial charge < -0.3 is 9.73 Å². The number of nitrogens with zero attached hydrogens (tertiary/aromatic N) is 1. The fraction of sp³-hybridized carbons (Fsp3) is 0.417. The van der Waals surface area contributed by atoms with E-state index in [4.69, 9.17) is 4.42 Å². The van der Waals surface area contributed by atoms with Crippen LogP contribution in [0.1, 0.15) is 59.6 Å². The fourth-order valence-corrected chi connectivity index (χ4v) is 4.97. The van der Waals surface area contributed by atoms with Gasteiger partial charge in [0.25, 0.3) is 5.91 Å². The minimum absolute atomic E-state index is 0.0672. The second-order valence-corrected chi connectivity index (χ2v) is 8.83. The van der Waals surface area contributed by atoms with Crippen molar-refractivity contribution >= 4 is 28.2 Å². The van der Waals surface area contributed by atoms with Crippen LogP contribution in [0.25, 0.3) is 11.0 Å². The number of nitrogens with one attached hydrogen (secondary N) is 1. The Morgan fingerprint density at radius 2 is 1.97 bits per heavy atom. The highest BCUT2D eigenvalue weighted by Gasteiger charge is 2.24. The van der Waals surface area contributed by atoms with E-state index in [2.05, 4.69) is 27.7 Å². The lowest BCUT2D eigenvalue weighted by Crippen LogP contribution is -2.38. The third kappa shape index (κ3) is 4.65. The minimum Gasteiger partial charge on any atom is -0.451 e. The molecule has 5 nitrogen and oxygen atoms in total. The summed E-state index contributed by atoms with van der Waals surface area (Å²) in [5.74, 6) is -0.275. The van der Waals surface area contributed by atoms with Crippen molar-refractivity contribution in [3.8, 4) is 0 Å². The molecule has 1 amide bonds. The van der Waals surface area contributed by atoms with Gasteiger partial charge in [-0.05, 0) is 61.5 Å². The number of amides is 1. The number of rotatable bonds is 6. The van der Waals surface area contributed by atoms with Crippen LogP contribution >= 0.6 is 11.3 Å². The molecule has 1 fully saturated rings. The Kier molecular flexibility index (Phi) is 6.65. The lowest BCUT2D eigenvalue weighted by atomic mass is 10.1. The van der Waals surface area contributed by atoms with Crippen molar-refractivity contribution < 1.29 is 9.21 Å². The van der Waals surface area contributed by atoms with Gasteiger partial charge in [0.05, 0.1) is 11.4 Å². The summed E-state index contributed by atoms with van der Waals surface area (Å²) < 4.78 is 5.77. The van der Waals surface area contributed by atoms with Crippen molar-refractivity contribution in [3.63, 3.8) is 0 Å². The van der Waals surface area contributed by atoms with E-state index in [-0.39, 0.29) is 23.1 Å². The zero-order valence-corrected chi connectivity index (χ0v) is 18.2. The molecule has 158 valence electrons. The summed E-state index contributed by atoms with van der Waals surface area (Å²) in [6, 6.07) is 11.2. The summed E-state index contributed by atoms with van der Waals surface area (Å²) in [5.41, 5.74) is 1.34. The van der Waals surface area contributed by atoms with Crippen LogP contribution in [0.15, 0.2) is 51.0 Å². The highest BCUT2D eigenvalue weighted by Crippen LogP contribution is 2.27. The van der Waals surface area contributed by atoms with Crippen LogP contribution in [-0.4, -0.2) is 30.4 Å². The molecule has 1 aliphatic rings. The number of likely N-dealkylation sites (tertiary alicyclic amines) is 1. The molecule has 0 unspecified atom stereocenters. The maximum Gasteiger partial charge on any atom is 0.287 e. The fourth-order valence-electron chi connectivity index (χ4n) is 4.11. The number of hydrogen-bond donors (Lipinski definition) is 1. The van der Waals surface area contributed by atoms with Gasteiger partial charge >= 0.3 is 0 Å². The van der Waals surface area contributed by atoms with Crippen LogP contribution in [0.5, 0.6) is 0 Å². The van der Waals surface area contributed by atoms with E-state index in [1.807, 2.05) is 19.1 Å². The quantitative estimate of drug-likeness (QED) is 0.619. The van der Waals surface area contributed by atoms with Crippen molar-refractivity contribution in [1.29, 1.82) is 0 Å². The number of carbonyl (C=O) groups is 1. The number of hydrogen-bond acceptors (Lipinski definition) is 5. The molecule has 4 rings (SSSR count). The van der Waals surface area contributed by atoms with Gasteiger partial charge in [0.1, 0.15) is 5.58 Å². The average molecular weight is 425 g/mol. The van der Waals surface area contributed by atoms with E-state index in [0.29, 0.717) is 17.5 Å². The summed E-state index contributed by atoms with van der Waals surface area (Å²) in [6.45, 7) is 4.63. The first kappa shape index (κ1) is 20.8. The van der Waals surface area contributed by atoms with Crippen LogP contribution in [0.4, 0.5) is 0 Å². The molecule has 0 bridgehead atoms.